The summed E-state index contributed by atoms with van der Waals surface area (Å²) in [6.07, 6.45) is 3.49. The maximum atomic E-state index is 12.4. The number of benzene rings is 2. The van der Waals surface area contributed by atoms with Gasteiger partial charge >= 0.3 is 0 Å². The van der Waals surface area contributed by atoms with Gasteiger partial charge < -0.3 is 10.6 Å². The summed E-state index contributed by atoms with van der Waals surface area (Å²) in [6, 6.07) is 15.4. The number of hydrogen-bond acceptors (Lipinski definition) is 6. The van der Waals surface area contributed by atoms with E-state index in [0.29, 0.717) is 27.4 Å². The number of fused-ring (bicyclic) bond motifs is 1. The molecule has 1 aliphatic rings. The number of nitrogen functional groups attached to an aromatic ring is 1. The molecule has 1 aliphatic heterocycles. The third-order valence-electron chi connectivity index (χ3n) is 4.64. The van der Waals surface area contributed by atoms with E-state index < -0.39 is 0 Å². The number of carbonyl (C=O) groups excluding carboxylic acids is 1. The molecule has 0 saturated carbocycles. The molecule has 1 aromatic heterocycles. The van der Waals surface area contributed by atoms with Crippen LogP contribution in [-0.2, 0) is 6.42 Å². The van der Waals surface area contributed by atoms with E-state index in [-0.39, 0.29) is 5.91 Å². The Labute approximate surface area is 171 Å². The lowest BCUT2D eigenvalue weighted by atomic mass is 10.0. The average Bonchev–Trinajstić information content (AvgIpc) is 2.73. The molecule has 142 valence electrons. The zero-order valence-electron chi connectivity index (χ0n) is 15.0. The number of hydrazine groups is 1. The minimum Gasteiger partial charge on any atom is -0.393 e. The second-order valence-corrected chi connectivity index (χ2v) is 7.26. The molecule has 2 heterocycles. The second-order valence-electron chi connectivity index (χ2n) is 6.40. The molecule has 1 amide bonds. The molecule has 0 radical (unpaired) electrons. The largest absolute Gasteiger partial charge is 0.393 e. The number of halogens is 1. The maximum Gasteiger partial charge on any atom is 0.270 e. The maximum absolute atomic E-state index is 12.4. The highest BCUT2D eigenvalue weighted by Crippen LogP contribution is 2.36. The summed E-state index contributed by atoms with van der Waals surface area (Å²) >= 11 is 3.37. The van der Waals surface area contributed by atoms with Crippen LogP contribution in [0.25, 0.3) is 0 Å². The molecule has 2 aromatic carbocycles. The Kier molecular flexibility index (Phi) is 5.12. The molecule has 0 unspecified atom stereocenters. The monoisotopic (exact) mass is 438 g/mol. The molecule has 0 bridgehead atoms. The molecular weight excluding hydrogens is 420 g/mol. The van der Waals surface area contributed by atoms with Crippen LogP contribution in [0.3, 0.4) is 0 Å². The Morgan fingerprint density at radius 2 is 1.89 bits per heavy atom. The fourth-order valence-corrected chi connectivity index (χ4v) is 3.75. The van der Waals surface area contributed by atoms with E-state index in [1.807, 2.05) is 18.2 Å². The third-order valence-corrected chi connectivity index (χ3v) is 5.33. The second kappa shape index (κ2) is 7.85. The van der Waals surface area contributed by atoms with Crippen molar-refractivity contribution in [3.63, 3.8) is 0 Å². The fourth-order valence-electron chi connectivity index (χ4n) is 3.28. The van der Waals surface area contributed by atoms with Gasteiger partial charge in [0.25, 0.3) is 5.91 Å². The summed E-state index contributed by atoms with van der Waals surface area (Å²) in [5.41, 5.74) is 15.0. The van der Waals surface area contributed by atoms with E-state index in [2.05, 4.69) is 53.8 Å². The molecule has 8 heteroatoms. The van der Waals surface area contributed by atoms with Crippen molar-refractivity contribution in [2.75, 3.05) is 22.6 Å². The van der Waals surface area contributed by atoms with Crippen molar-refractivity contribution in [1.29, 1.82) is 0 Å². The zero-order chi connectivity index (χ0) is 19.5. The predicted octanol–water partition coefficient (Wildman–Crippen LogP) is 3.66. The predicted molar refractivity (Wildman–Crippen MR) is 113 cm³/mol. The first-order valence-electron chi connectivity index (χ1n) is 8.92. The van der Waals surface area contributed by atoms with Crippen LogP contribution in [0.15, 0.2) is 59.3 Å². The van der Waals surface area contributed by atoms with Gasteiger partial charge in [0.2, 0.25) is 0 Å². The number of para-hydroxylation sites is 1. The van der Waals surface area contributed by atoms with E-state index in [1.165, 1.54) is 11.9 Å². The van der Waals surface area contributed by atoms with Crippen molar-refractivity contribution >= 4 is 44.8 Å². The summed E-state index contributed by atoms with van der Waals surface area (Å²) in [5.74, 6) is 0.684. The van der Waals surface area contributed by atoms with Gasteiger partial charge in [-0.15, -0.1) is 0 Å². The molecule has 0 spiro atoms. The summed E-state index contributed by atoms with van der Waals surface area (Å²) in [7, 11) is 0. The third kappa shape index (κ3) is 3.50. The lowest BCUT2D eigenvalue weighted by Crippen LogP contribution is -2.31. The van der Waals surface area contributed by atoms with E-state index in [4.69, 9.17) is 5.73 Å². The Morgan fingerprint density at radius 3 is 2.75 bits per heavy atom. The van der Waals surface area contributed by atoms with Gasteiger partial charge in [-0.2, -0.15) is 0 Å². The molecule has 4 N–H and O–H groups in total. The van der Waals surface area contributed by atoms with Crippen molar-refractivity contribution in [2.45, 2.75) is 12.8 Å². The quantitative estimate of drug-likeness (QED) is 0.537. The first-order chi connectivity index (χ1) is 13.6. The van der Waals surface area contributed by atoms with Crippen LogP contribution in [0.5, 0.6) is 0 Å². The van der Waals surface area contributed by atoms with Crippen LogP contribution in [0.4, 0.5) is 23.0 Å². The summed E-state index contributed by atoms with van der Waals surface area (Å²) < 4.78 is 0.704. The highest BCUT2D eigenvalue weighted by molar-refractivity contribution is 9.10. The molecule has 0 saturated heterocycles. The summed E-state index contributed by atoms with van der Waals surface area (Å²) in [4.78, 5) is 23.1. The van der Waals surface area contributed by atoms with E-state index in [0.717, 1.165) is 25.1 Å². The molecule has 0 atom stereocenters. The van der Waals surface area contributed by atoms with E-state index in [9.17, 15) is 4.79 Å². The smallest absolute Gasteiger partial charge is 0.270 e. The number of rotatable bonds is 4. The molecular formula is C20H19BrN6O. The van der Waals surface area contributed by atoms with Gasteiger partial charge in [0, 0.05) is 16.7 Å². The number of anilines is 4. The Morgan fingerprint density at radius 1 is 1.11 bits per heavy atom. The number of carbonyl (C=O) groups is 1. The van der Waals surface area contributed by atoms with Gasteiger partial charge in [0.05, 0.1) is 5.56 Å². The van der Waals surface area contributed by atoms with Crippen LogP contribution >= 0.6 is 15.9 Å². The molecule has 7 nitrogen and oxygen atoms in total. The van der Waals surface area contributed by atoms with Gasteiger partial charge in [0.15, 0.2) is 11.6 Å². The number of aryl methyl sites for hydroxylation is 1. The van der Waals surface area contributed by atoms with Gasteiger partial charge in [-0.3, -0.25) is 15.6 Å². The summed E-state index contributed by atoms with van der Waals surface area (Å²) in [5, 5.41) is 0. The van der Waals surface area contributed by atoms with Gasteiger partial charge in [-0.1, -0.05) is 30.3 Å². The van der Waals surface area contributed by atoms with Crippen LogP contribution < -0.4 is 21.5 Å². The van der Waals surface area contributed by atoms with Crippen molar-refractivity contribution in [3.05, 3.63) is 70.5 Å². The van der Waals surface area contributed by atoms with Crippen LogP contribution in [0.2, 0.25) is 0 Å². The Balaban J connectivity index is 1.57. The molecule has 0 aliphatic carbocycles. The van der Waals surface area contributed by atoms with Crippen LogP contribution in [-0.4, -0.2) is 22.4 Å². The Bertz CT molecular complexity index is 1030. The van der Waals surface area contributed by atoms with Crippen LogP contribution in [0.1, 0.15) is 22.3 Å². The SMILES string of the molecule is Nc1c(NNC(=O)c2ccccc2Br)ncnc1N1CCCc2ccccc21. The van der Waals surface area contributed by atoms with Crippen molar-refractivity contribution < 1.29 is 4.79 Å². The standard InChI is InChI=1S/C20H19BrN6O/c21-15-9-3-2-8-14(15)20(28)26-25-18-17(22)19(24-12-23-18)27-11-5-7-13-6-1-4-10-16(13)27/h1-4,6,8-10,12H,5,7,11,22H2,(H,26,28)(H,23,24,25). The lowest BCUT2D eigenvalue weighted by molar-refractivity contribution is 0.0961. The van der Waals surface area contributed by atoms with Gasteiger partial charge in [-0.05, 0) is 52.5 Å². The molecule has 3 aromatic rings. The van der Waals surface area contributed by atoms with Gasteiger partial charge in [0.1, 0.15) is 12.0 Å². The summed E-state index contributed by atoms with van der Waals surface area (Å²) in [6.45, 7) is 0.820. The topological polar surface area (TPSA) is 96.2 Å². The van der Waals surface area contributed by atoms with Crippen molar-refractivity contribution in [1.82, 2.24) is 15.4 Å². The minimum atomic E-state index is -0.296. The van der Waals surface area contributed by atoms with Gasteiger partial charge in [-0.25, -0.2) is 9.97 Å². The first kappa shape index (κ1) is 18.2. The van der Waals surface area contributed by atoms with E-state index >= 15 is 0 Å². The van der Waals surface area contributed by atoms with Crippen molar-refractivity contribution in [3.8, 4) is 0 Å². The normalized spacial score (nSPS) is 13.0. The van der Waals surface area contributed by atoms with Crippen molar-refractivity contribution in [2.24, 2.45) is 0 Å². The number of nitrogens with one attached hydrogen (secondary N) is 2. The zero-order valence-corrected chi connectivity index (χ0v) is 16.6. The highest BCUT2D eigenvalue weighted by Gasteiger charge is 2.22. The average molecular weight is 439 g/mol. The lowest BCUT2D eigenvalue weighted by Gasteiger charge is -2.31. The molecule has 0 fully saturated rings. The highest BCUT2D eigenvalue weighted by atomic mass is 79.9. The van der Waals surface area contributed by atoms with Crippen LogP contribution in [0, 0.1) is 0 Å². The number of amides is 1. The molecule has 4 rings (SSSR count). The van der Waals surface area contributed by atoms with E-state index in [1.54, 1.807) is 18.2 Å². The number of aromatic nitrogens is 2. The number of nitrogens with zero attached hydrogens (tertiary/aromatic N) is 3. The fraction of sp³-hybridized carbons (Fsp3) is 0.150. The number of nitrogens with two attached hydrogens (primary N) is 1. The number of hydrogen-bond donors (Lipinski definition) is 3. The first-order valence-corrected chi connectivity index (χ1v) is 9.71. The minimum absolute atomic E-state index is 0.296. The molecule has 28 heavy (non-hydrogen) atoms. The Hall–Kier alpha value is -3.13.